The van der Waals surface area contributed by atoms with Crippen molar-refractivity contribution in [2.24, 2.45) is 5.92 Å². The lowest BCUT2D eigenvalue weighted by Gasteiger charge is -2.12. The molecule has 0 unspecified atom stereocenters. The third-order valence-electron chi connectivity index (χ3n) is 3.32. The molecule has 0 bridgehead atoms. The van der Waals surface area contributed by atoms with Gasteiger partial charge in [0.25, 0.3) is 5.56 Å². The summed E-state index contributed by atoms with van der Waals surface area (Å²) in [6, 6.07) is 0. The van der Waals surface area contributed by atoms with E-state index < -0.39 is 0 Å². The predicted octanol–water partition coefficient (Wildman–Crippen LogP) is 0.623. The van der Waals surface area contributed by atoms with Gasteiger partial charge < -0.3 is 10.1 Å². The summed E-state index contributed by atoms with van der Waals surface area (Å²) in [5, 5.41) is 8.84. The van der Waals surface area contributed by atoms with Crippen LogP contribution in [0.15, 0.2) is 9.59 Å². The van der Waals surface area contributed by atoms with Crippen molar-refractivity contribution in [3.8, 4) is 0 Å². The zero-order chi connectivity index (χ0) is 15.6. The number of fused-ring (bicyclic) bond motifs is 1. The molecule has 2 heterocycles. The molecule has 7 heteroatoms. The lowest BCUT2D eigenvalue weighted by Crippen LogP contribution is -2.40. The van der Waals surface area contributed by atoms with Crippen molar-refractivity contribution in [3.05, 3.63) is 26.7 Å². The van der Waals surface area contributed by atoms with Gasteiger partial charge in [-0.2, -0.15) is 0 Å². The molecule has 21 heavy (non-hydrogen) atoms. The molecule has 0 aliphatic carbocycles. The maximum Gasteiger partial charge on any atom is 0.332 e. The van der Waals surface area contributed by atoms with Crippen LogP contribution in [-0.4, -0.2) is 30.8 Å². The van der Waals surface area contributed by atoms with Crippen LogP contribution in [-0.2, 0) is 13.1 Å². The Morgan fingerprint density at radius 3 is 2.57 bits per heavy atom. The largest absolute Gasteiger partial charge is 0.396 e. The zero-order valence-corrected chi connectivity index (χ0v) is 12.7. The summed E-state index contributed by atoms with van der Waals surface area (Å²) < 4.78 is 2.79. The summed E-state index contributed by atoms with van der Waals surface area (Å²) in [6.07, 6.45) is 1.15. The van der Waals surface area contributed by atoms with Crippen LogP contribution in [0.2, 0.25) is 0 Å². The monoisotopic (exact) mass is 294 g/mol. The predicted molar refractivity (Wildman–Crippen MR) is 80.5 cm³/mol. The van der Waals surface area contributed by atoms with E-state index in [1.807, 2.05) is 13.8 Å². The molecule has 2 aromatic rings. The van der Waals surface area contributed by atoms with E-state index in [0.29, 0.717) is 42.9 Å². The normalized spacial score (nSPS) is 11.7. The number of rotatable bonds is 6. The average Bonchev–Trinajstić information content (AvgIpc) is 2.80. The van der Waals surface area contributed by atoms with Crippen LogP contribution in [0.25, 0.3) is 11.2 Å². The minimum Gasteiger partial charge on any atom is -0.396 e. The number of hydrogen-bond donors (Lipinski definition) is 2. The highest BCUT2D eigenvalue weighted by Gasteiger charge is 2.16. The Hall–Kier alpha value is -1.89. The molecule has 0 atom stereocenters. The van der Waals surface area contributed by atoms with Crippen LogP contribution in [0.5, 0.6) is 0 Å². The Morgan fingerprint density at radius 2 is 1.95 bits per heavy atom. The van der Waals surface area contributed by atoms with Crippen LogP contribution in [0.1, 0.15) is 32.5 Å². The highest BCUT2D eigenvalue weighted by Crippen LogP contribution is 2.07. The molecule has 2 N–H and O–H groups in total. The fraction of sp³-hybridized carbons (Fsp3) is 0.643. The number of nitrogens with zero attached hydrogens (tertiary/aromatic N) is 3. The van der Waals surface area contributed by atoms with Gasteiger partial charge in [-0.05, 0) is 25.7 Å². The third-order valence-corrected chi connectivity index (χ3v) is 3.32. The Kier molecular flexibility index (Phi) is 4.62. The van der Waals surface area contributed by atoms with Crippen molar-refractivity contribution in [2.45, 2.75) is 46.7 Å². The van der Waals surface area contributed by atoms with Gasteiger partial charge in [0.2, 0.25) is 0 Å². The number of hydrogen-bond acceptors (Lipinski definition) is 4. The molecular weight excluding hydrogens is 272 g/mol. The van der Waals surface area contributed by atoms with Crippen LogP contribution in [0.4, 0.5) is 0 Å². The third kappa shape index (κ3) is 3.07. The molecule has 0 amide bonds. The van der Waals surface area contributed by atoms with E-state index >= 15 is 0 Å². The first-order valence-corrected chi connectivity index (χ1v) is 7.26. The summed E-state index contributed by atoms with van der Waals surface area (Å²) >= 11 is 0. The average molecular weight is 294 g/mol. The maximum atomic E-state index is 12.6. The highest BCUT2D eigenvalue weighted by atomic mass is 16.3. The molecule has 7 nitrogen and oxygen atoms in total. The van der Waals surface area contributed by atoms with Crippen molar-refractivity contribution in [3.63, 3.8) is 0 Å². The minimum atomic E-state index is -0.339. The number of imidazole rings is 1. The summed E-state index contributed by atoms with van der Waals surface area (Å²) in [6.45, 7) is 6.67. The quantitative estimate of drug-likeness (QED) is 0.764. The SMILES string of the molecule is Cc1nc2c([nH]1)c(=O)n(CCCCO)c(=O)n2CC(C)C. The molecule has 2 rings (SSSR count). The molecule has 0 radical (unpaired) electrons. The Morgan fingerprint density at radius 1 is 1.24 bits per heavy atom. The lowest BCUT2D eigenvalue weighted by molar-refractivity contribution is 0.280. The molecule has 0 aliphatic rings. The van der Waals surface area contributed by atoms with E-state index in [2.05, 4.69) is 9.97 Å². The first kappa shape index (κ1) is 15.5. The van der Waals surface area contributed by atoms with E-state index in [-0.39, 0.29) is 23.8 Å². The smallest absolute Gasteiger partial charge is 0.332 e. The van der Waals surface area contributed by atoms with Gasteiger partial charge >= 0.3 is 5.69 Å². The number of unbranched alkanes of at least 4 members (excludes halogenated alkanes) is 1. The number of H-pyrrole nitrogens is 1. The Balaban J connectivity index is 2.63. The molecule has 0 spiro atoms. The van der Waals surface area contributed by atoms with Crippen molar-refractivity contribution in [1.29, 1.82) is 0 Å². The molecule has 0 fully saturated rings. The fourth-order valence-electron chi connectivity index (χ4n) is 2.39. The summed E-state index contributed by atoms with van der Waals surface area (Å²) in [5.41, 5.74) is 0.130. The number of aliphatic hydroxyl groups is 1. The Labute approximate surface area is 122 Å². The number of aromatic amines is 1. The van der Waals surface area contributed by atoms with E-state index in [0.717, 1.165) is 0 Å². The fourth-order valence-corrected chi connectivity index (χ4v) is 2.39. The standard InChI is InChI=1S/C14H22N4O3/c1-9(2)8-18-12-11(15-10(3)16-12)13(20)17(14(18)21)6-4-5-7-19/h9,19H,4-8H2,1-3H3,(H,15,16). The van der Waals surface area contributed by atoms with E-state index in [9.17, 15) is 9.59 Å². The minimum absolute atomic E-state index is 0.0559. The van der Waals surface area contributed by atoms with Crippen LogP contribution in [0, 0.1) is 12.8 Å². The van der Waals surface area contributed by atoms with Crippen molar-refractivity contribution >= 4 is 11.2 Å². The van der Waals surface area contributed by atoms with Gasteiger partial charge in [0, 0.05) is 19.7 Å². The van der Waals surface area contributed by atoms with E-state index in [1.54, 1.807) is 11.5 Å². The maximum absolute atomic E-state index is 12.6. The van der Waals surface area contributed by atoms with E-state index in [4.69, 9.17) is 5.11 Å². The molecule has 0 saturated carbocycles. The first-order chi connectivity index (χ1) is 9.95. The van der Waals surface area contributed by atoms with Crippen LogP contribution in [0.3, 0.4) is 0 Å². The second-order valence-corrected chi connectivity index (χ2v) is 5.70. The van der Waals surface area contributed by atoms with E-state index in [1.165, 1.54) is 4.57 Å². The highest BCUT2D eigenvalue weighted by molar-refractivity contribution is 5.69. The number of nitrogens with one attached hydrogen (secondary N) is 1. The second kappa shape index (κ2) is 6.26. The summed E-state index contributed by atoms with van der Waals surface area (Å²) in [7, 11) is 0. The summed E-state index contributed by atoms with van der Waals surface area (Å²) in [5.74, 6) is 0.887. The van der Waals surface area contributed by atoms with Crippen LogP contribution < -0.4 is 11.2 Å². The molecule has 116 valence electrons. The van der Waals surface area contributed by atoms with Gasteiger partial charge in [0.15, 0.2) is 5.65 Å². The topological polar surface area (TPSA) is 92.9 Å². The van der Waals surface area contributed by atoms with Crippen molar-refractivity contribution < 1.29 is 5.11 Å². The molecule has 0 aliphatic heterocycles. The molecule has 0 aromatic carbocycles. The first-order valence-electron chi connectivity index (χ1n) is 7.26. The lowest BCUT2D eigenvalue weighted by atomic mass is 10.2. The number of aryl methyl sites for hydroxylation is 1. The van der Waals surface area contributed by atoms with Gasteiger partial charge in [-0.15, -0.1) is 0 Å². The van der Waals surface area contributed by atoms with Gasteiger partial charge in [-0.3, -0.25) is 13.9 Å². The van der Waals surface area contributed by atoms with Gasteiger partial charge in [-0.1, -0.05) is 13.8 Å². The number of aromatic nitrogens is 4. The number of aliphatic hydroxyl groups excluding tert-OH is 1. The molecule has 2 aromatic heterocycles. The summed E-state index contributed by atoms with van der Waals surface area (Å²) in [4.78, 5) is 32.2. The van der Waals surface area contributed by atoms with Crippen LogP contribution >= 0.6 is 0 Å². The van der Waals surface area contributed by atoms with Gasteiger partial charge in [0.05, 0.1) is 0 Å². The zero-order valence-electron chi connectivity index (χ0n) is 12.7. The van der Waals surface area contributed by atoms with Gasteiger partial charge in [-0.25, -0.2) is 9.78 Å². The Bertz CT molecular complexity index is 739. The molecular formula is C14H22N4O3. The van der Waals surface area contributed by atoms with Gasteiger partial charge in [0.1, 0.15) is 11.3 Å². The second-order valence-electron chi connectivity index (χ2n) is 5.70. The van der Waals surface area contributed by atoms with Crippen molar-refractivity contribution in [2.75, 3.05) is 6.61 Å². The molecule has 0 saturated heterocycles. The van der Waals surface area contributed by atoms with Crippen molar-refractivity contribution in [1.82, 2.24) is 19.1 Å².